The van der Waals surface area contributed by atoms with Gasteiger partial charge in [-0.1, -0.05) is 0 Å². The van der Waals surface area contributed by atoms with Gasteiger partial charge in [-0.05, 0) is 6.92 Å². The first-order chi connectivity index (χ1) is 11.1. The number of carbonyl (C=O) groups is 5. The van der Waals surface area contributed by atoms with E-state index < -0.39 is 54.3 Å². The van der Waals surface area contributed by atoms with E-state index in [1.165, 1.54) is 6.92 Å². The summed E-state index contributed by atoms with van der Waals surface area (Å²) in [5.74, 6) is -4.28. The van der Waals surface area contributed by atoms with Gasteiger partial charge in [-0.25, -0.2) is 0 Å². The van der Waals surface area contributed by atoms with Gasteiger partial charge in [0.05, 0.1) is 19.0 Å². The minimum atomic E-state index is -1.23. The standard InChI is InChI=1S/C12H21N5O6S/c1-5(12(22)23)16-11(21)7(4-24)17-9(19)3-15-10(20)6(13)2-8(14)18/h5-7,24H,2-4,13H2,1H3,(H2,14,18)(H,15,20)(H,16,21)(H,17,19)(H,22,23). The van der Waals surface area contributed by atoms with E-state index in [9.17, 15) is 24.0 Å². The van der Waals surface area contributed by atoms with Gasteiger partial charge in [0.2, 0.25) is 23.6 Å². The molecule has 0 fully saturated rings. The number of carbonyl (C=O) groups excluding carboxylic acids is 4. The summed E-state index contributed by atoms with van der Waals surface area (Å²) < 4.78 is 0. The molecule has 0 bridgehead atoms. The van der Waals surface area contributed by atoms with Crippen molar-refractivity contribution >= 4 is 42.2 Å². The van der Waals surface area contributed by atoms with Crippen LogP contribution in [-0.4, -0.2) is 65.1 Å². The number of nitrogens with two attached hydrogens (primary N) is 2. The van der Waals surface area contributed by atoms with E-state index >= 15 is 0 Å². The fourth-order valence-corrected chi connectivity index (χ4v) is 1.68. The van der Waals surface area contributed by atoms with Crippen LogP contribution < -0.4 is 27.4 Å². The average Bonchev–Trinajstić information content (AvgIpc) is 2.48. The van der Waals surface area contributed by atoms with E-state index in [0.29, 0.717) is 0 Å². The van der Waals surface area contributed by atoms with Gasteiger partial charge in [-0.2, -0.15) is 12.6 Å². The van der Waals surface area contributed by atoms with Crippen LogP contribution in [0.15, 0.2) is 0 Å². The van der Waals surface area contributed by atoms with Crippen LogP contribution in [0.1, 0.15) is 13.3 Å². The molecule has 0 saturated heterocycles. The summed E-state index contributed by atoms with van der Waals surface area (Å²) in [6.45, 7) is 0.773. The molecule has 11 nitrogen and oxygen atoms in total. The third-order valence-corrected chi connectivity index (χ3v) is 3.11. The summed E-state index contributed by atoms with van der Waals surface area (Å²) in [5.41, 5.74) is 10.3. The van der Waals surface area contributed by atoms with Crippen molar-refractivity contribution in [3.05, 3.63) is 0 Å². The molecule has 0 aliphatic carbocycles. The van der Waals surface area contributed by atoms with Gasteiger partial charge in [0.1, 0.15) is 12.1 Å². The molecular formula is C12H21N5O6S. The first kappa shape index (κ1) is 21.7. The molecule has 0 heterocycles. The molecule has 0 rings (SSSR count). The molecular weight excluding hydrogens is 342 g/mol. The Morgan fingerprint density at radius 2 is 1.71 bits per heavy atom. The normalized spacial score (nSPS) is 14.0. The highest BCUT2D eigenvalue weighted by molar-refractivity contribution is 7.80. The fraction of sp³-hybridized carbons (Fsp3) is 0.583. The van der Waals surface area contributed by atoms with E-state index in [-0.39, 0.29) is 12.2 Å². The van der Waals surface area contributed by atoms with Crippen LogP contribution in [0, 0.1) is 0 Å². The van der Waals surface area contributed by atoms with Gasteiger partial charge in [0.25, 0.3) is 0 Å². The molecule has 136 valence electrons. The van der Waals surface area contributed by atoms with Crippen molar-refractivity contribution < 1.29 is 29.1 Å². The zero-order valence-electron chi connectivity index (χ0n) is 12.9. The summed E-state index contributed by atoms with van der Waals surface area (Å²) in [4.78, 5) is 56.3. The number of primary amides is 1. The summed E-state index contributed by atoms with van der Waals surface area (Å²) in [6, 6.07) is -3.40. The van der Waals surface area contributed by atoms with Crippen LogP contribution in [0.2, 0.25) is 0 Å². The first-order valence-electron chi connectivity index (χ1n) is 6.83. The van der Waals surface area contributed by atoms with Crippen molar-refractivity contribution in [3.63, 3.8) is 0 Å². The van der Waals surface area contributed by atoms with Crippen molar-refractivity contribution in [2.75, 3.05) is 12.3 Å². The van der Waals surface area contributed by atoms with Crippen molar-refractivity contribution in [1.29, 1.82) is 0 Å². The molecule has 24 heavy (non-hydrogen) atoms. The largest absolute Gasteiger partial charge is 0.480 e. The van der Waals surface area contributed by atoms with Crippen LogP contribution in [0.3, 0.4) is 0 Å². The van der Waals surface area contributed by atoms with Gasteiger partial charge < -0.3 is 32.5 Å². The predicted molar refractivity (Wildman–Crippen MR) is 85.8 cm³/mol. The molecule has 3 atom stereocenters. The number of aliphatic carboxylic acids is 1. The van der Waals surface area contributed by atoms with Gasteiger partial charge in [-0.15, -0.1) is 0 Å². The molecule has 0 aromatic carbocycles. The Morgan fingerprint density at radius 3 is 2.17 bits per heavy atom. The minimum Gasteiger partial charge on any atom is -0.480 e. The summed E-state index contributed by atoms with van der Waals surface area (Å²) >= 11 is 3.90. The zero-order valence-corrected chi connectivity index (χ0v) is 13.8. The third kappa shape index (κ3) is 8.33. The Labute approximate surface area is 143 Å². The van der Waals surface area contributed by atoms with Crippen LogP contribution >= 0.6 is 12.6 Å². The zero-order chi connectivity index (χ0) is 18.9. The monoisotopic (exact) mass is 363 g/mol. The second-order valence-corrected chi connectivity index (χ2v) is 5.23. The van der Waals surface area contributed by atoms with Crippen LogP contribution in [-0.2, 0) is 24.0 Å². The Bertz CT molecular complexity index is 514. The molecule has 4 amide bonds. The number of nitrogens with one attached hydrogen (secondary N) is 3. The van der Waals surface area contributed by atoms with Crippen molar-refractivity contribution in [1.82, 2.24) is 16.0 Å². The highest BCUT2D eigenvalue weighted by Crippen LogP contribution is 1.92. The quantitative estimate of drug-likeness (QED) is 0.194. The maximum Gasteiger partial charge on any atom is 0.325 e. The second kappa shape index (κ2) is 10.4. The maximum atomic E-state index is 11.8. The summed E-state index contributed by atoms with van der Waals surface area (Å²) in [5, 5.41) is 15.4. The number of carboxylic acid groups (broad SMARTS) is 1. The lowest BCUT2D eigenvalue weighted by Crippen LogP contribution is -2.54. The van der Waals surface area contributed by atoms with Crippen LogP contribution in [0.5, 0.6) is 0 Å². The SMILES string of the molecule is CC(NC(=O)C(CS)NC(=O)CNC(=O)C(N)CC(N)=O)C(=O)O. The highest BCUT2D eigenvalue weighted by Gasteiger charge is 2.23. The Hall–Kier alpha value is -2.34. The topological polar surface area (TPSA) is 194 Å². The number of rotatable bonds is 10. The van der Waals surface area contributed by atoms with Gasteiger partial charge in [0, 0.05) is 5.75 Å². The molecule has 0 radical (unpaired) electrons. The van der Waals surface area contributed by atoms with Gasteiger partial charge in [0.15, 0.2) is 0 Å². The van der Waals surface area contributed by atoms with E-state index in [4.69, 9.17) is 16.6 Å². The summed E-state index contributed by atoms with van der Waals surface area (Å²) in [7, 11) is 0. The Morgan fingerprint density at radius 1 is 1.12 bits per heavy atom. The maximum absolute atomic E-state index is 11.8. The lowest BCUT2D eigenvalue weighted by Gasteiger charge is -2.18. The number of carboxylic acids is 1. The number of hydrogen-bond acceptors (Lipinski definition) is 7. The molecule has 0 saturated carbocycles. The second-order valence-electron chi connectivity index (χ2n) is 4.87. The van der Waals surface area contributed by atoms with E-state index in [1.54, 1.807) is 0 Å². The molecule has 0 spiro atoms. The Kier molecular flexibility index (Phi) is 9.42. The van der Waals surface area contributed by atoms with E-state index in [2.05, 4.69) is 28.6 Å². The average molecular weight is 363 g/mol. The van der Waals surface area contributed by atoms with Crippen molar-refractivity contribution in [2.45, 2.75) is 31.5 Å². The van der Waals surface area contributed by atoms with Gasteiger partial charge in [-0.3, -0.25) is 24.0 Å². The third-order valence-electron chi connectivity index (χ3n) is 2.74. The van der Waals surface area contributed by atoms with Gasteiger partial charge >= 0.3 is 5.97 Å². The molecule has 3 unspecified atom stereocenters. The number of thiol groups is 1. The molecule has 0 aromatic heterocycles. The van der Waals surface area contributed by atoms with Crippen molar-refractivity contribution in [2.24, 2.45) is 11.5 Å². The van der Waals surface area contributed by atoms with E-state index in [1.807, 2.05) is 0 Å². The molecule has 0 aliphatic rings. The van der Waals surface area contributed by atoms with E-state index in [0.717, 1.165) is 0 Å². The summed E-state index contributed by atoms with van der Waals surface area (Å²) in [6.07, 6.45) is -0.373. The minimum absolute atomic E-state index is 0.0843. The van der Waals surface area contributed by atoms with Crippen LogP contribution in [0.25, 0.3) is 0 Å². The first-order valence-corrected chi connectivity index (χ1v) is 7.46. The number of amides is 4. The fourth-order valence-electron chi connectivity index (χ4n) is 1.42. The lowest BCUT2D eigenvalue weighted by atomic mass is 10.2. The van der Waals surface area contributed by atoms with Crippen LogP contribution in [0.4, 0.5) is 0 Å². The molecule has 0 aromatic rings. The smallest absolute Gasteiger partial charge is 0.325 e. The number of hydrogen-bond donors (Lipinski definition) is 7. The van der Waals surface area contributed by atoms with Crippen molar-refractivity contribution in [3.8, 4) is 0 Å². The molecule has 0 aliphatic heterocycles. The highest BCUT2D eigenvalue weighted by atomic mass is 32.1. The Balaban J connectivity index is 4.41. The molecule has 12 heteroatoms. The lowest BCUT2D eigenvalue weighted by molar-refractivity contribution is -0.141. The predicted octanol–water partition coefficient (Wildman–Crippen LogP) is -3.69. The molecule has 8 N–H and O–H groups in total.